The van der Waals surface area contributed by atoms with Gasteiger partial charge in [-0.15, -0.1) is 0 Å². The predicted octanol–water partition coefficient (Wildman–Crippen LogP) is 5.36. The van der Waals surface area contributed by atoms with E-state index in [-0.39, 0.29) is 37.5 Å². The van der Waals surface area contributed by atoms with E-state index < -0.39 is 83.5 Å². The fraction of sp³-hybridized carbons (Fsp3) is 0.893. The molecular weight excluding hydrogens is 594 g/mol. The number of carbonyl (C=O) groups is 3. The molecule has 0 aromatic rings. The maximum atomic E-state index is 13.5. The van der Waals surface area contributed by atoms with E-state index in [2.05, 4.69) is 4.74 Å². The van der Waals surface area contributed by atoms with Crippen molar-refractivity contribution in [3.63, 3.8) is 0 Å². The highest BCUT2D eigenvalue weighted by molar-refractivity contribution is 5.84. The van der Waals surface area contributed by atoms with E-state index in [1.807, 2.05) is 41.5 Å². The number of hydrogen-bond donors (Lipinski definition) is 1. The van der Waals surface area contributed by atoms with Crippen LogP contribution in [-0.4, -0.2) is 71.9 Å². The average molecular weight is 635 g/mol. The molecule has 0 aromatic heterocycles. The molecule has 0 spiro atoms. The number of alkyl halides is 6. The molecule has 3 fully saturated rings. The van der Waals surface area contributed by atoms with Crippen LogP contribution in [0.4, 0.5) is 26.3 Å². The molecule has 3 rings (SSSR count). The molecule has 15 heteroatoms. The standard InChI is InChI=1S/C28H40F6O9/c1-23(2,3)13-25(7,24(4,5)6)22(37)41-18-17-15(39-20(18)36)12-16(40-17)43-26(38)10-8-14(9-11-26)19(35)42-21(27(29,30)31)28(32,33)34/h14-18,21,38H,8-13H2,1-7H3. The van der Waals surface area contributed by atoms with Gasteiger partial charge < -0.3 is 28.8 Å². The maximum absolute atomic E-state index is 13.5. The van der Waals surface area contributed by atoms with Crippen LogP contribution in [0.2, 0.25) is 0 Å². The van der Waals surface area contributed by atoms with Crippen LogP contribution in [0, 0.1) is 22.2 Å². The Hall–Kier alpha value is -2.13. The molecule has 0 aromatic carbocycles. The van der Waals surface area contributed by atoms with E-state index in [1.165, 1.54) is 0 Å². The van der Waals surface area contributed by atoms with Crippen LogP contribution in [-0.2, 0) is 38.1 Å². The zero-order valence-electron chi connectivity index (χ0n) is 25.2. The van der Waals surface area contributed by atoms with Gasteiger partial charge in [-0.05, 0) is 37.0 Å². The zero-order chi connectivity index (χ0) is 33.0. The van der Waals surface area contributed by atoms with Crippen LogP contribution in [0.1, 0.15) is 87.0 Å². The lowest BCUT2D eigenvalue weighted by atomic mass is 9.61. The molecular formula is C28H40F6O9. The lowest BCUT2D eigenvalue weighted by Crippen LogP contribution is -2.48. The van der Waals surface area contributed by atoms with Crippen molar-refractivity contribution in [2.75, 3.05) is 0 Å². The second-order valence-corrected chi connectivity index (χ2v) is 14.1. The van der Waals surface area contributed by atoms with Crippen LogP contribution >= 0.6 is 0 Å². The summed E-state index contributed by atoms with van der Waals surface area (Å²) in [7, 11) is 0. The quantitative estimate of drug-likeness (QED) is 0.171. The molecule has 1 saturated carbocycles. The number of esters is 3. The van der Waals surface area contributed by atoms with Crippen LogP contribution < -0.4 is 0 Å². The van der Waals surface area contributed by atoms with Gasteiger partial charge in [-0.25, -0.2) is 4.79 Å². The number of carbonyl (C=O) groups excluding carboxylic acids is 3. The van der Waals surface area contributed by atoms with Crippen molar-refractivity contribution in [3.05, 3.63) is 0 Å². The van der Waals surface area contributed by atoms with Gasteiger partial charge in [0.05, 0.1) is 11.3 Å². The lowest BCUT2D eigenvalue weighted by molar-refractivity contribution is -0.317. The van der Waals surface area contributed by atoms with Gasteiger partial charge in [0, 0.05) is 19.3 Å². The normalized spacial score (nSPS) is 31.8. The number of ether oxygens (including phenoxy) is 5. The number of halogens is 6. The molecule has 2 heterocycles. The Morgan fingerprint density at radius 1 is 0.977 bits per heavy atom. The first-order valence-corrected chi connectivity index (χ1v) is 14.1. The Labute approximate surface area is 245 Å². The molecule has 43 heavy (non-hydrogen) atoms. The van der Waals surface area contributed by atoms with Gasteiger partial charge in [0.25, 0.3) is 6.10 Å². The van der Waals surface area contributed by atoms with Crippen molar-refractivity contribution in [1.82, 2.24) is 0 Å². The molecule has 248 valence electrons. The van der Waals surface area contributed by atoms with Crippen molar-refractivity contribution < 1.29 is 69.5 Å². The van der Waals surface area contributed by atoms with Crippen molar-refractivity contribution in [1.29, 1.82) is 0 Å². The van der Waals surface area contributed by atoms with Crippen LogP contribution in [0.5, 0.6) is 0 Å². The molecule has 0 bridgehead atoms. The highest BCUT2D eigenvalue weighted by Crippen LogP contribution is 2.48. The van der Waals surface area contributed by atoms with Gasteiger partial charge in [-0.3, -0.25) is 9.59 Å². The van der Waals surface area contributed by atoms with Crippen molar-refractivity contribution in [2.45, 2.75) is 136 Å². The minimum absolute atomic E-state index is 0.0321. The van der Waals surface area contributed by atoms with Gasteiger partial charge in [-0.1, -0.05) is 41.5 Å². The third-order valence-electron chi connectivity index (χ3n) is 8.40. The Kier molecular flexibility index (Phi) is 9.59. The van der Waals surface area contributed by atoms with Crippen LogP contribution in [0.15, 0.2) is 0 Å². The maximum Gasteiger partial charge on any atom is 0.434 e. The fourth-order valence-electron chi connectivity index (χ4n) is 5.71. The highest BCUT2D eigenvalue weighted by atomic mass is 19.4. The SMILES string of the molecule is CC(C)(C)CC(C)(C(=O)OC1C(=O)OC2CC(OC3(O)CCC(C(=O)OC(C(F)(F)F)C(F)(F)F)CC3)OC21)C(C)(C)C. The number of fused-ring (bicyclic) bond motifs is 1. The van der Waals surface area contributed by atoms with E-state index in [4.69, 9.17) is 18.9 Å². The summed E-state index contributed by atoms with van der Waals surface area (Å²) < 4.78 is 103. The van der Waals surface area contributed by atoms with Gasteiger partial charge >= 0.3 is 30.3 Å². The summed E-state index contributed by atoms with van der Waals surface area (Å²) in [6.45, 7) is 13.4. The molecule has 1 N–H and O–H groups in total. The van der Waals surface area contributed by atoms with E-state index >= 15 is 0 Å². The van der Waals surface area contributed by atoms with E-state index in [9.17, 15) is 45.8 Å². The smallest absolute Gasteiger partial charge is 0.434 e. The van der Waals surface area contributed by atoms with E-state index in [0.29, 0.717) is 6.42 Å². The van der Waals surface area contributed by atoms with Crippen molar-refractivity contribution >= 4 is 17.9 Å². The minimum atomic E-state index is -5.84. The van der Waals surface area contributed by atoms with Gasteiger partial charge in [-0.2, -0.15) is 26.3 Å². The largest absolute Gasteiger partial charge is 0.456 e. The van der Waals surface area contributed by atoms with Crippen LogP contribution in [0.25, 0.3) is 0 Å². The lowest BCUT2D eigenvalue weighted by Gasteiger charge is -2.43. The Bertz CT molecular complexity index is 1040. The summed E-state index contributed by atoms with van der Waals surface area (Å²) in [6, 6.07) is 0. The van der Waals surface area contributed by atoms with Crippen LogP contribution in [0.3, 0.4) is 0 Å². The summed E-state index contributed by atoms with van der Waals surface area (Å²) in [6.07, 6.45) is -21.2. The van der Waals surface area contributed by atoms with E-state index in [0.717, 1.165) is 0 Å². The summed E-state index contributed by atoms with van der Waals surface area (Å²) in [5.74, 6) is -6.33. The molecule has 9 nitrogen and oxygen atoms in total. The highest BCUT2D eigenvalue weighted by Gasteiger charge is 2.61. The molecule has 0 radical (unpaired) electrons. The predicted molar refractivity (Wildman–Crippen MR) is 135 cm³/mol. The average Bonchev–Trinajstić information content (AvgIpc) is 3.30. The Balaban J connectivity index is 1.60. The molecule has 2 saturated heterocycles. The number of aliphatic hydroxyl groups is 1. The topological polar surface area (TPSA) is 118 Å². The third kappa shape index (κ3) is 8.13. The summed E-state index contributed by atoms with van der Waals surface area (Å²) in [5.41, 5.74) is -1.75. The van der Waals surface area contributed by atoms with Crippen molar-refractivity contribution in [2.24, 2.45) is 22.2 Å². The molecule has 1 aliphatic carbocycles. The van der Waals surface area contributed by atoms with Gasteiger partial charge in [0.2, 0.25) is 6.10 Å². The first-order valence-electron chi connectivity index (χ1n) is 14.1. The Morgan fingerprint density at radius 3 is 1.98 bits per heavy atom. The van der Waals surface area contributed by atoms with Gasteiger partial charge in [0.15, 0.2) is 12.1 Å². The first kappa shape index (κ1) is 35.4. The summed E-state index contributed by atoms with van der Waals surface area (Å²) in [4.78, 5) is 38.2. The second-order valence-electron chi connectivity index (χ2n) is 14.1. The monoisotopic (exact) mass is 634 g/mol. The summed E-state index contributed by atoms with van der Waals surface area (Å²) in [5, 5.41) is 10.9. The zero-order valence-corrected chi connectivity index (χ0v) is 25.2. The Morgan fingerprint density at radius 2 is 1.51 bits per heavy atom. The second kappa shape index (κ2) is 11.7. The third-order valence-corrected chi connectivity index (χ3v) is 8.40. The minimum Gasteiger partial charge on any atom is -0.456 e. The summed E-state index contributed by atoms with van der Waals surface area (Å²) >= 11 is 0. The molecule has 5 atom stereocenters. The fourth-order valence-corrected chi connectivity index (χ4v) is 5.71. The van der Waals surface area contributed by atoms with Crippen molar-refractivity contribution in [3.8, 4) is 0 Å². The number of rotatable bonds is 7. The first-order chi connectivity index (χ1) is 19.3. The molecule has 3 aliphatic rings. The van der Waals surface area contributed by atoms with Gasteiger partial charge in [0.1, 0.15) is 12.2 Å². The van der Waals surface area contributed by atoms with E-state index in [1.54, 1.807) is 6.92 Å². The molecule has 5 unspecified atom stereocenters. The molecule has 0 amide bonds. The molecule has 2 aliphatic heterocycles. The number of hydrogen-bond acceptors (Lipinski definition) is 9.